The molecule has 2 N–H and O–H groups in total. The van der Waals surface area contributed by atoms with Crippen LogP contribution in [0.3, 0.4) is 0 Å². The lowest BCUT2D eigenvalue weighted by Gasteiger charge is -2.25. The van der Waals surface area contributed by atoms with Gasteiger partial charge in [-0.25, -0.2) is 0 Å². The molecule has 0 aliphatic carbocycles. The Bertz CT molecular complexity index is 533. The monoisotopic (exact) mass is 275 g/mol. The second kappa shape index (κ2) is 5.30. The fraction of sp³-hybridized carbons (Fsp3) is 0.462. The Morgan fingerprint density at radius 1 is 1.32 bits per heavy atom. The molecule has 0 radical (unpaired) electrons. The molecule has 2 aromatic rings. The van der Waals surface area contributed by atoms with Crippen molar-refractivity contribution in [3.8, 4) is 5.69 Å². The Kier molecular flexibility index (Phi) is 3.52. The van der Waals surface area contributed by atoms with Crippen LogP contribution in [0.5, 0.6) is 0 Å². The molecule has 1 fully saturated rings. The SMILES string of the molecule is NCC1(Cc2nnnn2-c2ccccc2)CCCS1. The third-order valence-electron chi connectivity index (χ3n) is 3.57. The van der Waals surface area contributed by atoms with Gasteiger partial charge in [0, 0.05) is 17.7 Å². The van der Waals surface area contributed by atoms with Gasteiger partial charge in [0.05, 0.1) is 5.69 Å². The number of hydrogen-bond donors (Lipinski definition) is 1. The number of thioether (sulfide) groups is 1. The van der Waals surface area contributed by atoms with Crippen LogP contribution >= 0.6 is 11.8 Å². The molecule has 1 saturated heterocycles. The number of hydrogen-bond acceptors (Lipinski definition) is 5. The number of aromatic nitrogens is 4. The maximum Gasteiger partial charge on any atom is 0.158 e. The van der Waals surface area contributed by atoms with E-state index in [-0.39, 0.29) is 4.75 Å². The molecule has 6 heteroatoms. The third-order valence-corrected chi connectivity index (χ3v) is 5.19. The molecular weight excluding hydrogens is 258 g/mol. The standard InChI is InChI=1S/C13H17N5S/c14-10-13(7-4-8-19-13)9-12-15-16-17-18(12)11-5-2-1-3-6-11/h1-3,5-6H,4,7-10,14H2. The topological polar surface area (TPSA) is 69.6 Å². The van der Waals surface area contributed by atoms with Crippen LogP contribution in [0.4, 0.5) is 0 Å². The number of nitrogens with zero attached hydrogens (tertiary/aromatic N) is 4. The zero-order chi connectivity index (χ0) is 13.1. The highest BCUT2D eigenvalue weighted by atomic mass is 32.2. The molecule has 19 heavy (non-hydrogen) atoms. The quantitative estimate of drug-likeness (QED) is 0.914. The second-order valence-corrected chi connectivity index (χ2v) is 6.42. The minimum atomic E-state index is 0.112. The van der Waals surface area contributed by atoms with Gasteiger partial charge in [0.1, 0.15) is 0 Å². The van der Waals surface area contributed by atoms with Gasteiger partial charge in [-0.3, -0.25) is 0 Å². The number of rotatable bonds is 4. The average molecular weight is 275 g/mol. The molecule has 1 atom stereocenters. The smallest absolute Gasteiger partial charge is 0.158 e. The number of tetrazole rings is 1. The van der Waals surface area contributed by atoms with E-state index in [4.69, 9.17) is 5.73 Å². The summed E-state index contributed by atoms with van der Waals surface area (Å²) in [6.45, 7) is 0.680. The van der Waals surface area contributed by atoms with Crippen molar-refractivity contribution in [2.24, 2.45) is 5.73 Å². The first-order chi connectivity index (χ1) is 9.33. The van der Waals surface area contributed by atoms with Gasteiger partial charge >= 0.3 is 0 Å². The van der Waals surface area contributed by atoms with Crippen molar-refractivity contribution < 1.29 is 0 Å². The first kappa shape index (κ1) is 12.6. The molecule has 2 heterocycles. The summed E-state index contributed by atoms with van der Waals surface area (Å²) in [6.07, 6.45) is 3.21. The van der Waals surface area contributed by atoms with Crippen LogP contribution < -0.4 is 5.73 Å². The molecule has 0 amide bonds. The number of benzene rings is 1. The van der Waals surface area contributed by atoms with Crippen LogP contribution in [-0.4, -0.2) is 37.3 Å². The van der Waals surface area contributed by atoms with Gasteiger partial charge in [-0.05, 0) is 41.2 Å². The summed E-state index contributed by atoms with van der Waals surface area (Å²) < 4.78 is 1.93. The minimum absolute atomic E-state index is 0.112. The summed E-state index contributed by atoms with van der Waals surface area (Å²) >= 11 is 1.96. The molecule has 0 saturated carbocycles. The van der Waals surface area contributed by atoms with E-state index in [1.807, 2.05) is 46.8 Å². The van der Waals surface area contributed by atoms with Crippen molar-refractivity contribution in [2.75, 3.05) is 12.3 Å². The van der Waals surface area contributed by atoms with Gasteiger partial charge in [0.25, 0.3) is 0 Å². The number of para-hydroxylation sites is 1. The Labute approximate surface area is 116 Å². The molecular formula is C13H17N5S. The lowest BCUT2D eigenvalue weighted by atomic mass is 9.99. The van der Waals surface area contributed by atoms with E-state index in [2.05, 4.69) is 15.5 Å². The van der Waals surface area contributed by atoms with Gasteiger partial charge in [-0.1, -0.05) is 18.2 Å². The number of nitrogens with two attached hydrogens (primary N) is 1. The van der Waals surface area contributed by atoms with Gasteiger partial charge < -0.3 is 5.73 Å². The molecule has 100 valence electrons. The average Bonchev–Trinajstić information content (AvgIpc) is 3.10. The van der Waals surface area contributed by atoms with Crippen LogP contribution in [-0.2, 0) is 6.42 Å². The lowest BCUT2D eigenvalue weighted by Crippen LogP contribution is -2.35. The van der Waals surface area contributed by atoms with Crippen molar-refractivity contribution in [1.29, 1.82) is 0 Å². The van der Waals surface area contributed by atoms with Gasteiger partial charge in [0.15, 0.2) is 5.82 Å². The maximum atomic E-state index is 5.98. The second-order valence-electron chi connectivity index (χ2n) is 4.86. The van der Waals surface area contributed by atoms with E-state index < -0.39 is 0 Å². The van der Waals surface area contributed by atoms with Crippen molar-refractivity contribution >= 4 is 11.8 Å². The maximum absolute atomic E-state index is 5.98. The predicted octanol–water partition coefficient (Wildman–Crippen LogP) is 1.43. The van der Waals surface area contributed by atoms with Crippen LogP contribution in [0.2, 0.25) is 0 Å². The molecule has 0 bridgehead atoms. The van der Waals surface area contributed by atoms with Gasteiger partial charge in [-0.15, -0.1) is 5.10 Å². The predicted molar refractivity (Wildman–Crippen MR) is 76.3 cm³/mol. The summed E-state index contributed by atoms with van der Waals surface area (Å²) in [4.78, 5) is 0. The molecule has 1 aromatic carbocycles. The van der Waals surface area contributed by atoms with E-state index >= 15 is 0 Å². The molecule has 3 rings (SSSR count). The summed E-state index contributed by atoms with van der Waals surface area (Å²) in [7, 11) is 0. The van der Waals surface area contributed by atoms with Crippen molar-refractivity contribution in [3.63, 3.8) is 0 Å². The first-order valence-corrected chi connectivity index (χ1v) is 7.48. The Hall–Kier alpha value is -1.40. The van der Waals surface area contributed by atoms with E-state index in [0.29, 0.717) is 6.54 Å². The highest BCUT2D eigenvalue weighted by molar-refractivity contribution is 8.00. The normalized spacial score (nSPS) is 22.8. The van der Waals surface area contributed by atoms with Crippen molar-refractivity contribution in [1.82, 2.24) is 20.2 Å². The summed E-state index contributed by atoms with van der Waals surface area (Å²) in [6, 6.07) is 9.99. The summed E-state index contributed by atoms with van der Waals surface area (Å²) in [5.74, 6) is 2.08. The molecule has 5 nitrogen and oxygen atoms in total. The zero-order valence-corrected chi connectivity index (χ0v) is 11.5. The molecule has 1 aliphatic rings. The zero-order valence-electron chi connectivity index (χ0n) is 10.7. The van der Waals surface area contributed by atoms with Crippen molar-refractivity contribution in [2.45, 2.75) is 24.0 Å². The third kappa shape index (κ3) is 2.50. The first-order valence-electron chi connectivity index (χ1n) is 6.50. The highest BCUT2D eigenvalue weighted by Gasteiger charge is 2.35. The summed E-state index contributed by atoms with van der Waals surface area (Å²) in [5.41, 5.74) is 6.97. The molecule has 1 unspecified atom stereocenters. The lowest BCUT2D eigenvalue weighted by molar-refractivity contribution is 0.542. The van der Waals surface area contributed by atoms with Gasteiger partial charge in [-0.2, -0.15) is 16.4 Å². The largest absolute Gasteiger partial charge is 0.329 e. The fourth-order valence-electron chi connectivity index (χ4n) is 2.50. The molecule has 1 aromatic heterocycles. The Morgan fingerprint density at radius 2 is 2.16 bits per heavy atom. The highest BCUT2D eigenvalue weighted by Crippen LogP contribution is 2.39. The van der Waals surface area contributed by atoms with E-state index in [0.717, 1.165) is 24.4 Å². The van der Waals surface area contributed by atoms with Gasteiger partial charge in [0.2, 0.25) is 0 Å². The molecule has 1 aliphatic heterocycles. The van der Waals surface area contributed by atoms with Crippen LogP contribution in [0.25, 0.3) is 5.69 Å². The summed E-state index contributed by atoms with van der Waals surface area (Å²) in [5, 5.41) is 12.1. The Balaban J connectivity index is 1.88. The minimum Gasteiger partial charge on any atom is -0.329 e. The fourth-order valence-corrected chi connectivity index (χ4v) is 3.86. The van der Waals surface area contributed by atoms with Crippen LogP contribution in [0.15, 0.2) is 30.3 Å². The van der Waals surface area contributed by atoms with E-state index in [1.54, 1.807) is 0 Å². The van der Waals surface area contributed by atoms with Crippen molar-refractivity contribution in [3.05, 3.63) is 36.2 Å². The van der Waals surface area contributed by atoms with Crippen LogP contribution in [0, 0.1) is 0 Å². The van der Waals surface area contributed by atoms with Crippen LogP contribution in [0.1, 0.15) is 18.7 Å². The van der Waals surface area contributed by atoms with E-state index in [1.165, 1.54) is 12.2 Å². The van der Waals surface area contributed by atoms with E-state index in [9.17, 15) is 0 Å². The Morgan fingerprint density at radius 3 is 2.84 bits per heavy atom. The molecule has 0 spiro atoms.